The Morgan fingerprint density at radius 3 is 2.54 bits per heavy atom. The fourth-order valence-electron chi connectivity index (χ4n) is 2.46. The van der Waals surface area contributed by atoms with Crippen molar-refractivity contribution in [2.75, 3.05) is 26.9 Å². The van der Waals surface area contributed by atoms with Crippen LogP contribution in [-0.2, 0) is 17.9 Å². The summed E-state index contributed by atoms with van der Waals surface area (Å²) in [4.78, 5) is 0. The first-order valence-corrected chi connectivity index (χ1v) is 8.94. The molecule has 0 amide bonds. The van der Waals surface area contributed by atoms with Crippen LogP contribution in [-0.4, -0.2) is 26.9 Å². The molecule has 4 nitrogen and oxygen atoms in total. The molecule has 2 aromatic rings. The van der Waals surface area contributed by atoms with E-state index in [1.165, 1.54) is 0 Å². The van der Waals surface area contributed by atoms with Gasteiger partial charge in [0.15, 0.2) is 11.5 Å². The molecule has 0 aromatic heterocycles. The second kappa shape index (κ2) is 12.8. The topological polar surface area (TPSA) is 39.7 Å². The Bertz CT molecular complexity index is 653. The quantitative estimate of drug-likeness (QED) is 0.547. The predicted octanol–water partition coefficient (Wildman–Crippen LogP) is 4.87. The zero-order valence-corrected chi connectivity index (χ0v) is 16.9. The molecule has 0 spiro atoms. The van der Waals surface area contributed by atoms with Crippen molar-refractivity contribution in [2.45, 2.75) is 26.5 Å². The minimum atomic E-state index is 0. The smallest absolute Gasteiger partial charge is 0.166 e. The van der Waals surface area contributed by atoms with Gasteiger partial charge >= 0.3 is 0 Å². The molecule has 0 bridgehead atoms. The Morgan fingerprint density at radius 1 is 1.04 bits per heavy atom. The van der Waals surface area contributed by atoms with Crippen LogP contribution >= 0.6 is 24.0 Å². The van der Waals surface area contributed by atoms with Crippen LogP contribution in [0, 0.1) is 0 Å². The Kier molecular flexibility index (Phi) is 11.1. The number of nitrogens with one attached hydrogen (secondary N) is 1. The van der Waals surface area contributed by atoms with E-state index in [2.05, 4.69) is 5.32 Å². The van der Waals surface area contributed by atoms with E-state index in [9.17, 15) is 0 Å². The molecule has 1 N–H and O–H groups in total. The molecule has 0 saturated carbocycles. The standard InChI is InChI=1S/C20H26ClNO3.ClH/c1-3-24-13-7-12-22-14-16-9-6-11-19(23-2)20(16)25-15-17-8-4-5-10-18(17)21;/h4-6,8-11,22H,3,7,12-15H2,1-2H3;1H. The van der Waals surface area contributed by atoms with E-state index in [0.717, 1.165) is 48.8 Å². The molecule has 0 aliphatic rings. The summed E-state index contributed by atoms with van der Waals surface area (Å²) in [7, 11) is 1.65. The highest BCUT2D eigenvalue weighted by Crippen LogP contribution is 2.32. The zero-order chi connectivity index (χ0) is 17.9. The van der Waals surface area contributed by atoms with Crippen LogP contribution in [0.4, 0.5) is 0 Å². The summed E-state index contributed by atoms with van der Waals surface area (Å²) in [5.74, 6) is 1.47. The largest absolute Gasteiger partial charge is 0.493 e. The van der Waals surface area contributed by atoms with Crippen molar-refractivity contribution in [2.24, 2.45) is 0 Å². The molecule has 0 aliphatic carbocycles. The van der Waals surface area contributed by atoms with E-state index in [1.807, 2.05) is 49.4 Å². The van der Waals surface area contributed by atoms with Crippen molar-refractivity contribution in [1.29, 1.82) is 0 Å². The van der Waals surface area contributed by atoms with Gasteiger partial charge in [-0.2, -0.15) is 0 Å². The minimum Gasteiger partial charge on any atom is -0.493 e. The van der Waals surface area contributed by atoms with E-state index in [4.69, 9.17) is 25.8 Å². The van der Waals surface area contributed by atoms with E-state index in [1.54, 1.807) is 7.11 Å². The van der Waals surface area contributed by atoms with Crippen molar-refractivity contribution in [1.82, 2.24) is 5.32 Å². The summed E-state index contributed by atoms with van der Waals surface area (Å²) in [6.07, 6.45) is 0.980. The monoisotopic (exact) mass is 399 g/mol. The van der Waals surface area contributed by atoms with Crippen molar-refractivity contribution in [3.05, 3.63) is 58.6 Å². The molecule has 144 valence electrons. The summed E-state index contributed by atoms with van der Waals surface area (Å²) in [6.45, 7) is 5.54. The first kappa shape index (κ1) is 22.6. The highest BCUT2D eigenvalue weighted by molar-refractivity contribution is 6.31. The molecule has 0 heterocycles. The molecule has 2 rings (SSSR count). The molecule has 2 aromatic carbocycles. The summed E-state index contributed by atoms with van der Waals surface area (Å²) in [6, 6.07) is 13.6. The third-order valence-electron chi connectivity index (χ3n) is 3.77. The maximum absolute atomic E-state index is 6.21. The second-order valence-electron chi connectivity index (χ2n) is 5.56. The number of ether oxygens (including phenoxy) is 3. The van der Waals surface area contributed by atoms with Crippen molar-refractivity contribution >= 4 is 24.0 Å². The lowest BCUT2D eigenvalue weighted by molar-refractivity contribution is 0.144. The lowest BCUT2D eigenvalue weighted by Gasteiger charge is -2.16. The minimum absolute atomic E-state index is 0. The number of benzene rings is 2. The van der Waals surface area contributed by atoms with E-state index >= 15 is 0 Å². The highest BCUT2D eigenvalue weighted by atomic mass is 35.5. The number of hydrogen-bond donors (Lipinski definition) is 1. The molecule has 0 radical (unpaired) electrons. The fraction of sp³-hybridized carbons (Fsp3) is 0.400. The number of halogens is 2. The maximum Gasteiger partial charge on any atom is 0.166 e. The summed E-state index contributed by atoms with van der Waals surface area (Å²) < 4.78 is 16.9. The molecule has 0 unspecified atom stereocenters. The number of para-hydroxylation sites is 1. The first-order valence-electron chi connectivity index (χ1n) is 8.56. The molecule has 26 heavy (non-hydrogen) atoms. The van der Waals surface area contributed by atoms with Crippen LogP contribution in [0.25, 0.3) is 0 Å². The van der Waals surface area contributed by atoms with Gasteiger partial charge < -0.3 is 19.5 Å². The third kappa shape index (κ3) is 7.04. The van der Waals surface area contributed by atoms with Gasteiger partial charge in [0.25, 0.3) is 0 Å². The number of rotatable bonds is 11. The second-order valence-corrected chi connectivity index (χ2v) is 5.96. The molecular formula is C20H27Cl2NO3. The molecule has 6 heteroatoms. The van der Waals surface area contributed by atoms with Gasteiger partial charge in [-0.1, -0.05) is 41.9 Å². The highest BCUT2D eigenvalue weighted by Gasteiger charge is 2.11. The third-order valence-corrected chi connectivity index (χ3v) is 4.14. The van der Waals surface area contributed by atoms with Gasteiger partial charge in [-0.25, -0.2) is 0 Å². The van der Waals surface area contributed by atoms with E-state index < -0.39 is 0 Å². The van der Waals surface area contributed by atoms with Crippen molar-refractivity contribution in [3.63, 3.8) is 0 Å². The van der Waals surface area contributed by atoms with Crippen LogP contribution in [0.3, 0.4) is 0 Å². The van der Waals surface area contributed by atoms with Gasteiger partial charge in [0, 0.05) is 35.9 Å². The summed E-state index contributed by atoms with van der Waals surface area (Å²) >= 11 is 6.21. The Hall–Kier alpha value is -1.46. The van der Waals surface area contributed by atoms with Crippen LogP contribution in [0.2, 0.25) is 5.02 Å². The Labute approximate surface area is 167 Å². The maximum atomic E-state index is 6.21. The van der Waals surface area contributed by atoms with E-state index in [0.29, 0.717) is 18.2 Å². The Balaban J connectivity index is 0.00000338. The number of methoxy groups -OCH3 is 1. The lowest BCUT2D eigenvalue weighted by Crippen LogP contribution is -2.17. The van der Waals surface area contributed by atoms with Crippen molar-refractivity contribution < 1.29 is 14.2 Å². The van der Waals surface area contributed by atoms with Crippen LogP contribution in [0.5, 0.6) is 11.5 Å². The predicted molar refractivity (Wildman–Crippen MR) is 109 cm³/mol. The average Bonchev–Trinajstić information content (AvgIpc) is 2.64. The first-order chi connectivity index (χ1) is 12.3. The van der Waals surface area contributed by atoms with Gasteiger partial charge in [-0.3, -0.25) is 0 Å². The summed E-state index contributed by atoms with van der Waals surface area (Å²) in [5, 5.41) is 4.12. The van der Waals surface area contributed by atoms with Gasteiger partial charge in [0.1, 0.15) is 6.61 Å². The molecule has 0 fully saturated rings. The number of hydrogen-bond acceptors (Lipinski definition) is 4. The fourth-order valence-corrected chi connectivity index (χ4v) is 2.65. The van der Waals surface area contributed by atoms with Crippen LogP contribution in [0.15, 0.2) is 42.5 Å². The van der Waals surface area contributed by atoms with Gasteiger partial charge in [0.2, 0.25) is 0 Å². The van der Waals surface area contributed by atoms with Crippen LogP contribution in [0.1, 0.15) is 24.5 Å². The summed E-state index contributed by atoms with van der Waals surface area (Å²) in [5.41, 5.74) is 2.01. The van der Waals surface area contributed by atoms with Gasteiger partial charge in [0.05, 0.1) is 7.11 Å². The lowest BCUT2D eigenvalue weighted by atomic mass is 10.1. The zero-order valence-electron chi connectivity index (χ0n) is 15.3. The van der Waals surface area contributed by atoms with Crippen molar-refractivity contribution in [3.8, 4) is 11.5 Å². The molecule has 0 saturated heterocycles. The molecular weight excluding hydrogens is 373 g/mol. The SMILES string of the molecule is CCOCCCNCc1cccc(OC)c1OCc1ccccc1Cl.Cl. The average molecular weight is 400 g/mol. The molecule has 0 aliphatic heterocycles. The van der Waals surface area contributed by atoms with Crippen LogP contribution < -0.4 is 14.8 Å². The molecule has 0 atom stereocenters. The van der Waals surface area contributed by atoms with Gasteiger partial charge in [-0.05, 0) is 32.0 Å². The van der Waals surface area contributed by atoms with Gasteiger partial charge in [-0.15, -0.1) is 12.4 Å². The van der Waals surface area contributed by atoms with E-state index in [-0.39, 0.29) is 12.4 Å². The normalized spacial score (nSPS) is 10.3. The Morgan fingerprint density at radius 2 is 1.81 bits per heavy atom.